The van der Waals surface area contributed by atoms with Gasteiger partial charge >= 0.3 is 0 Å². The van der Waals surface area contributed by atoms with E-state index in [1.807, 2.05) is 6.07 Å². The van der Waals surface area contributed by atoms with Crippen LogP contribution in [-0.2, 0) is 9.81 Å². The third-order valence-corrected chi connectivity index (χ3v) is 2.76. The third-order valence-electron chi connectivity index (χ3n) is 1.64. The van der Waals surface area contributed by atoms with Crippen LogP contribution >= 0.6 is 0 Å². The van der Waals surface area contributed by atoms with E-state index in [1.54, 1.807) is 13.8 Å². The van der Waals surface area contributed by atoms with Gasteiger partial charge in [0.15, 0.2) is 9.81 Å². The van der Waals surface area contributed by atoms with Crippen molar-refractivity contribution in [3.05, 3.63) is 29.3 Å². The van der Waals surface area contributed by atoms with Crippen LogP contribution in [0.25, 0.3) is 0 Å². The zero-order chi connectivity index (χ0) is 10.3. The standard InChI is InChI=1S/C8H13NO3S/c1-6-3-7(2)5-8(4-6)13(9,10,11)12/h3-5H,1-2H3,(H4,9,10,11,12). The van der Waals surface area contributed by atoms with Crippen LogP contribution < -0.4 is 5.14 Å². The summed E-state index contributed by atoms with van der Waals surface area (Å²) in [6, 6.07) is 4.60. The number of rotatable bonds is 1. The van der Waals surface area contributed by atoms with Gasteiger partial charge in [0.05, 0.1) is 4.90 Å². The van der Waals surface area contributed by atoms with Crippen LogP contribution in [0.3, 0.4) is 0 Å². The van der Waals surface area contributed by atoms with E-state index in [9.17, 15) is 4.21 Å². The van der Waals surface area contributed by atoms with Crippen molar-refractivity contribution in [1.82, 2.24) is 0 Å². The second-order valence-electron chi connectivity index (χ2n) is 3.24. The highest BCUT2D eigenvalue weighted by Gasteiger charge is 2.26. The lowest BCUT2D eigenvalue weighted by molar-refractivity contribution is 0.391. The normalized spacial score (nSPS) is 15.0. The molecule has 0 saturated carbocycles. The summed E-state index contributed by atoms with van der Waals surface area (Å²) in [5, 5.41) is 4.90. The maximum Gasteiger partial charge on any atom is 0.162 e. The van der Waals surface area contributed by atoms with Gasteiger partial charge in [-0.2, -0.15) is 0 Å². The highest BCUT2D eigenvalue weighted by Crippen LogP contribution is 2.23. The number of hydrogen-bond donors (Lipinski definition) is 3. The van der Waals surface area contributed by atoms with Crippen molar-refractivity contribution in [2.75, 3.05) is 0 Å². The number of aryl methyl sites for hydroxylation is 2. The molecule has 1 aromatic rings. The van der Waals surface area contributed by atoms with Crippen molar-refractivity contribution < 1.29 is 13.3 Å². The zero-order valence-electron chi connectivity index (χ0n) is 7.52. The van der Waals surface area contributed by atoms with Crippen molar-refractivity contribution in [2.45, 2.75) is 18.7 Å². The minimum absolute atomic E-state index is 0.144. The topological polar surface area (TPSA) is 83.6 Å². The fourth-order valence-electron chi connectivity index (χ4n) is 1.15. The van der Waals surface area contributed by atoms with E-state index < -0.39 is 9.81 Å². The van der Waals surface area contributed by atoms with E-state index in [-0.39, 0.29) is 4.90 Å². The predicted molar refractivity (Wildman–Crippen MR) is 51.8 cm³/mol. The van der Waals surface area contributed by atoms with Crippen molar-refractivity contribution in [2.24, 2.45) is 5.14 Å². The molecular weight excluding hydrogens is 190 g/mol. The molecule has 0 bridgehead atoms. The molecule has 74 valence electrons. The monoisotopic (exact) mass is 203 g/mol. The molecule has 1 aromatic carbocycles. The lowest BCUT2D eigenvalue weighted by Crippen LogP contribution is -2.41. The Morgan fingerprint density at radius 3 is 1.85 bits per heavy atom. The van der Waals surface area contributed by atoms with Crippen LogP contribution in [0.1, 0.15) is 11.1 Å². The van der Waals surface area contributed by atoms with E-state index in [4.69, 9.17) is 14.2 Å². The molecule has 0 aromatic heterocycles. The smallest absolute Gasteiger partial charge is 0.162 e. The Labute approximate surface area is 77.0 Å². The van der Waals surface area contributed by atoms with Crippen LogP contribution in [0.15, 0.2) is 23.1 Å². The van der Waals surface area contributed by atoms with E-state index in [2.05, 4.69) is 0 Å². The van der Waals surface area contributed by atoms with E-state index >= 15 is 0 Å². The molecule has 13 heavy (non-hydrogen) atoms. The number of benzene rings is 1. The largest absolute Gasteiger partial charge is 0.294 e. The summed E-state index contributed by atoms with van der Waals surface area (Å²) < 4.78 is 29.4. The first-order valence-electron chi connectivity index (χ1n) is 3.70. The second kappa shape index (κ2) is 2.62. The molecule has 0 amide bonds. The summed E-state index contributed by atoms with van der Waals surface area (Å²) in [6.45, 7) is 3.52. The molecule has 0 saturated heterocycles. The summed E-state index contributed by atoms with van der Waals surface area (Å²) in [7, 11) is -5.07. The van der Waals surface area contributed by atoms with Gasteiger partial charge in [0, 0.05) is 0 Å². The molecule has 0 atom stereocenters. The second-order valence-corrected chi connectivity index (χ2v) is 5.56. The molecule has 4 N–H and O–H groups in total. The summed E-state index contributed by atoms with van der Waals surface area (Å²) in [5.41, 5.74) is 1.56. The Morgan fingerprint density at radius 2 is 1.54 bits per heavy atom. The highest BCUT2D eigenvalue weighted by atomic mass is 32.3. The fraction of sp³-hybridized carbons (Fsp3) is 0.250. The predicted octanol–water partition coefficient (Wildman–Crippen LogP) is 1.30. The molecule has 0 aliphatic carbocycles. The first-order chi connectivity index (χ1) is 5.65. The summed E-state index contributed by atoms with van der Waals surface area (Å²) in [5.74, 6) is 0. The van der Waals surface area contributed by atoms with E-state index in [1.165, 1.54) is 12.1 Å². The molecule has 0 radical (unpaired) electrons. The number of nitrogens with two attached hydrogens (primary N) is 1. The maximum absolute atomic E-state index is 11.2. The van der Waals surface area contributed by atoms with Crippen molar-refractivity contribution in [3.8, 4) is 0 Å². The quantitative estimate of drug-likeness (QED) is 0.643. The molecule has 0 spiro atoms. The Bertz CT molecular complexity index is 377. The highest BCUT2D eigenvalue weighted by molar-refractivity contribution is 8.08. The van der Waals surface area contributed by atoms with Gasteiger partial charge in [-0.3, -0.25) is 9.11 Å². The Hall–Kier alpha value is -0.750. The summed E-state index contributed by atoms with van der Waals surface area (Å²) in [6.07, 6.45) is 0. The first-order valence-corrected chi connectivity index (χ1v) is 5.65. The lowest BCUT2D eigenvalue weighted by atomic mass is 10.2. The van der Waals surface area contributed by atoms with E-state index in [0.29, 0.717) is 0 Å². The number of hydrogen-bond acceptors (Lipinski definition) is 1. The SMILES string of the molecule is Cc1cc(C)cc(S(N)(=O)(O)O)c1. The molecule has 0 fully saturated rings. The van der Waals surface area contributed by atoms with Gasteiger partial charge in [-0.25, -0.2) is 9.35 Å². The molecular formula is C8H13NO3S. The van der Waals surface area contributed by atoms with Crippen molar-refractivity contribution in [1.29, 1.82) is 0 Å². The maximum atomic E-state index is 11.2. The van der Waals surface area contributed by atoms with Gasteiger partial charge in [-0.05, 0) is 37.1 Å². The van der Waals surface area contributed by atoms with Crippen LogP contribution in [0.2, 0.25) is 0 Å². The van der Waals surface area contributed by atoms with Crippen LogP contribution in [0.4, 0.5) is 0 Å². The first kappa shape index (κ1) is 10.3. The van der Waals surface area contributed by atoms with Gasteiger partial charge in [0.2, 0.25) is 0 Å². The van der Waals surface area contributed by atoms with E-state index in [0.717, 1.165) is 11.1 Å². The summed E-state index contributed by atoms with van der Waals surface area (Å²) >= 11 is 0. The van der Waals surface area contributed by atoms with Gasteiger partial charge < -0.3 is 0 Å². The Balaban J connectivity index is 3.42. The van der Waals surface area contributed by atoms with Crippen molar-refractivity contribution >= 4 is 9.81 Å². The van der Waals surface area contributed by atoms with Gasteiger partial charge in [-0.15, -0.1) is 0 Å². The lowest BCUT2D eigenvalue weighted by Gasteiger charge is -2.25. The van der Waals surface area contributed by atoms with Crippen LogP contribution in [0.5, 0.6) is 0 Å². The fourth-order valence-corrected chi connectivity index (χ4v) is 1.97. The van der Waals surface area contributed by atoms with Crippen molar-refractivity contribution in [3.63, 3.8) is 0 Å². The average molecular weight is 203 g/mol. The molecule has 0 unspecified atom stereocenters. The van der Waals surface area contributed by atoms with Gasteiger partial charge in [-0.1, -0.05) is 6.07 Å². The minimum Gasteiger partial charge on any atom is -0.294 e. The summed E-state index contributed by atoms with van der Waals surface area (Å²) in [4.78, 5) is -0.144. The molecule has 5 heteroatoms. The Kier molecular flexibility index (Phi) is 2.08. The molecule has 4 nitrogen and oxygen atoms in total. The molecule has 0 heterocycles. The van der Waals surface area contributed by atoms with Gasteiger partial charge in [0.1, 0.15) is 0 Å². The average Bonchev–Trinajstić information content (AvgIpc) is 1.80. The van der Waals surface area contributed by atoms with Crippen LogP contribution in [-0.4, -0.2) is 13.3 Å². The van der Waals surface area contributed by atoms with Crippen LogP contribution in [0, 0.1) is 13.8 Å². The minimum atomic E-state index is -5.07. The molecule has 1 rings (SSSR count). The third kappa shape index (κ3) is 2.60. The Morgan fingerprint density at radius 1 is 1.15 bits per heavy atom. The molecule has 0 aliphatic heterocycles. The zero-order valence-corrected chi connectivity index (χ0v) is 8.34. The molecule has 0 aliphatic rings. The van der Waals surface area contributed by atoms with Gasteiger partial charge in [0.25, 0.3) is 0 Å².